The van der Waals surface area contributed by atoms with E-state index >= 15 is 0 Å². The Hall–Kier alpha value is -1.97. The summed E-state index contributed by atoms with van der Waals surface area (Å²) < 4.78 is 13.3. The number of amides is 1. The Morgan fingerprint density at radius 2 is 2.22 bits per heavy atom. The predicted molar refractivity (Wildman–Crippen MR) is 68.8 cm³/mol. The summed E-state index contributed by atoms with van der Waals surface area (Å²) in [5.41, 5.74) is 2.37. The van der Waals surface area contributed by atoms with Crippen molar-refractivity contribution in [3.05, 3.63) is 47.8 Å². The number of carbonyl (C=O) groups is 1. The zero-order valence-electron chi connectivity index (χ0n) is 9.97. The Morgan fingerprint density at radius 1 is 1.39 bits per heavy atom. The number of hydrazone groups is 1. The monoisotopic (exact) mass is 246 g/mol. The van der Waals surface area contributed by atoms with Gasteiger partial charge in [0.2, 0.25) is 0 Å². The average Bonchev–Trinajstić information content (AvgIpc) is 2.40. The molecular weight excluding hydrogens is 231 g/mol. The van der Waals surface area contributed by atoms with Crippen LogP contribution in [0.3, 0.4) is 0 Å². The summed E-state index contributed by atoms with van der Waals surface area (Å²) in [7, 11) is 0. The Morgan fingerprint density at radius 3 is 2.94 bits per heavy atom. The van der Waals surface area contributed by atoms with Crippen LogP contribution >= 0.6 is 0 Å². The Bertz CT molecular complexity index is 482. The normalized spacial score (nSPS) is 19.1. The molecule has 0 aromatic heterocycles. The minimum Gasteiger partial charge on any atom is -0.267 e. The van der Waals surface area contributed by atoms with Crippen molar-refractivity contribution < 1.29 is 9.18 Å². The van der Waals surface area contributed by atoms with E-state index in [4.69, 9.17) is 0 Å². The van der Waals surface area contributed by atoms with Gasteiger partial charge >= 0.3 is 0 Å². The van der Waals surface area contributed by atoms with Crippen molar-refractivity contribution in [1.29, 1.82) is 0 Å². The van der Waals surface area contributed by atoms with Crippen LogP contribution in [0.25, 0.3) is 0 Å². The second-order valence-electron chi connectivity index (χ2n) is 4.24. The molecule has 1 aromatic rings. The van der Waals surface area contributed by atoms with Crippen molar-refractivity contribution in [3.63, 3.8) is 0 Å². The SMILES string of the molecule is O=C(N/N=C\C1CC=CCC1)c1ccccc1F. The van der Waals surface area contributed by atoms with Gasteiger partial charge < -0.3 is 0 Å². The lowest BCUT2D eigenvalue weighted by molar-refractivity contribution is 0.0951. The van der Waals surface area contributed by atoms with Crippen molar-refractivity contribution >= 4 is 12.1 Å². The largest absolute Gasteiger partial charge is 0.274 e. The van der Waals surface area contributed by atoms with E-state index in [1.807, 2.05) is 0 Å². The molecule has 4 heteroatoms. The maximum absolute atomic E-state index is 13.3. The third-order valence-electron chi connectivity index (χ3n) is 2.88. The molecule has 1 amide bonds. The second-order valence-corrected chi connectivity index (χ2v) is 4.24. The highest BCUT2D eigenvalue weighted by Crippen LogP contribution is 2.15. The average molecular weight is 246 g/mol. The Balaban J connectivity index is 1.90. The second kappa shape index (κ2) is 6.10. The first-order valence-electron chi connectivity index (χ1n) is 6.00. The molecule has 0 saturated heterocycles. The molecule has 1 aliphatic rings. The van der Waals surface area contributed by atoms with E-state index in [0.717, 1.165) is 19.3 Å². The summed E-state index contributed by atoms with van der Waals surface area (Å²) in [6, 6.07) is 5.85. The molecule has 1 N–H and O–H groups in total. The number of benzene rings is 1. The van der Waals surface area contributed by atoms with Crippen LogP contribution in [0.1, 0.15) is 29.6 Å². The highest BCUT2D eigenvalue weighted by atomic mass is 19.1. The number of allylic oxidation sites excluding steroid dienone is 2. The van der Waals surface area contributed by atoms with Crippen molar-refractivity contribution in [2.24, 2.45) is 11.0 Å². The highest BCUT2D eigenvalue weighted by molar-refractivity contribution is 5.94. The molecule has 0 spiro atoms. The molecule has 1 unspecified atom stereocenters. The van der Waals surface area contributed by atoms with Crippen molar-refractivity contribution in [2.75, 3.05) is 0 Å². The third-order valence-corrected chi connectivity index (χ3v) is 2.88. The number of carbonyl (C=O) groups excluding carboxylic acids is 1. The van der Waals surface area contributed by atoms with Gasteiger partial charge in [0.05, 0.1) is 5.56 Å². The number of nitrogens with zero attached hydrogens (tertiary/aromatic N) is 1. The van der Waals surface area contributed by atoms with Gasteiger partial charge in [-0.25, -0.2) is 9.82 Å². The van der Waals surface area contributed by atoms with E-state index < -0.39 is 11.7 Å². The van der Waals surface area contributed by atoms with Crippen LogP contribution in [-0.4, -0.2) is 12.1 Å². The van der Waals surface area contributed by atoms with Gasteiger partial charge in [-0.2, -0.15) is 5.10 Å². The zero-order valence-corrected chi connectivity index (χ0v) is 9.97. The van der Waals surface area contributed by atoms with Crippen LogP contribution in [0, 0.1) is 11.7 Å². The smallest absolute Gasteiger partial charge is 0.267 e. The molecule has 2 rings (SSSR count). The Kier molecular flexibility index (Phi) is 4.23. The molecule has 1 aromatic carbocycles. The first-order chi connectivity index (χ1) is 8.77. The molecule has 0 radical (unpaired) electrons. The fourth-order valence-electron chi connectivity index (χ4n) is 1.86. The van der Waals surface area contributed by atoms with Gasteiger partial charge in [-0.1, -0.05) is 24.3 Å². The van der Waals surface area contributed by atoms with Gasteiger partial charge in [0.15, 0.2) is 0 Å². The lowest BCUT2D eigenvalue weighted by atomic mass is 9.96. The van der Waals surface area contributed by atoms with Gasteiger partial charge in [-0.15, -0.1) is 0 Å². The standard InChI is InChI=1S/C14H15FN2O/c15-13-9-5-4-8-12(13)14(18)17-16-10-11-6-2-1-3-7-11/h1-2,4-5,8-11H,3,6-7H2,(H,17,18)/b16-10-. The van der Waals surface area contributed by atoms with Gasteiger partial charge in [0.1, 0.15) is 5.82 Å². The molecule has 18 heavy (non-hydrogen) atoms. The van der Waals surface area contributed by atoms with E-state index in [1.54, 1.807) is 18.3 Å². The van der Waals surface area contributed by atoms with Crippen molar-refractivity contribution in [2.45, 2.75) is 19.3 Å². The number of hydrogen-bond donors (Lipinski definition) is 1. The maximum Gasteiger partial charge on any atom is 0.274 e. The summed E-state index contributed by atoms with van der Waals surface area (Å²) in [6.45, 7) is 0. The van der Waals surface area contributed by atoms with E-state index in [0.29, 0.717) is 5.92 Å². The molecule has 0 saturated carbocycles. The van der Waals surface area contributed by atoms with Gasteiger partial charge in [-0.05, 0) is 37.3 Å². The molecule has 0 bridgehead atoms. The summed E-state index contributed by atoms with van der Waals surface area (Å²) >= 11 is 0. The summed E-state index contributed by atoms with van der Waals surface area (Å²) in [6.07, 6.45) is 9.00. The van der Waals surface area contributed by atoms with Gasteiger partial charge in [-0.3, -0.25) is 4.79 Å². The van der Waals surface area contributed by atoms with E-state index in [1.165, 1.54) is 12.1 Å². The number of rotatable bonds is 3. The number of hydrogen-bond acceptors (Lipinski definition) is 2. The summed E-state index contributed by atoms with van der Waals surface area (Å²) in [5.74, 6) is -0.697. The molecule has 1 aliphatic carbocycles. The number of halogens is 1. The lowest BCUT2D eigenvalue weighted by Crippen LogP contribution is -2.20. The van der Waals surface area contributed by atoms with Crippen LogP contribution in [-0.2, 0) is 0 Å². The first-order valence-corrected chi connectivity index (χ1v) is 6.00. The minimum atomic E-state index is -0.536. The fourth-order valence-corrected chi connectivity index (χ4v) is 1.86. The molecule has 3 nitrogen and oxygen atoms in total. The van der Waals surface area contributed by atoms with Crippen LogP contribution in [0.15, 0.2) is 41.5 Å². The van der Waals surface area contributed by atoms with Crippen molar-refractivity contribution in [3.8, 4) is 0 Å². The molecule has 0 aliphatic heterocycles. The quantitative estimate of drug-likeness (QED) is 0.497. The lowest BCUT2D eigenvalue weighted by Gasteiger charge is -2.11. The molecule has 0 fully saturated rings. The molecule has 94 valence electrons. The van der Waals surface area contributed by atoms with E-state index in [-0.39, 0.29) is 5.56 Å². The predicted octanol–water partition coefficient (Wildman–Crippen LogP) is 2.90. The topological polar surface area (TPSA) is 41.5 Å². The van der Waals surface area contributed by atoms with E-state index in [9.17, 15) is 9.18 Å². The van der Waals surface area contributed by atoms with Gasteiger partial charge in [0.25, 0.3) is 5.91 Å². The van der Waals surface area contributed by atoms with Crippen LogP contribution in [0.2, 0.25) is 0 Å². The van der Waals surface area contributed by atoms with Crippen LogP contribution < -0.4 is 5.43 Å². The van der Waals surface area contributed by atoms with Crippen molar-refractivity contribution in [1.82, 2.24) is 5.43 Å². The first kappa shape index (κ1) is 12.5. The molecule has 1 atom stereocenters. The third kappa shape index (κ3) is 3.26. The molecule has 0 heterocycles. The zero-order chi connectivity index (χ0) is 12.8. The maximum atomic E-state index is 13.3. The Labute approximate surface area is 105 Å². The van der Waals surface area contributed by atoms with E-state index in [2.05, 4.69) is 22.7 Å². The van der Waals surface area contributed by atoms with Gasteiger partial charge in [0, 0.05) is 6.21 Å². The van der Waals surface area contributed by atoms with Crippen LogP contribution in [0.4, 0.5) is 4.39 Å². The fraction of sp³-hybridized carbons (Fsp3) is 0.286. The van der Waals surface area contributed by atoms with Crippen LogP contribution in [0.5, 0.6) is 0 Å². The minimum absolute atomic E-state index is 0.0122. The summed E-state index contributed by atoms with van der Waals surface area (Å²) in [5, 5.41) is 3.89. The highest BCUT2D eigenvalue weighted by Gasteiger charge is 2.10. The molecular formula is C14H15FN2O. The number of nitrogens with one attached hydrogen (secondary N) is 1. The summed E-state index contributed by atoms with van der Waals surface area (Å²) in [4.78, 5) is 11.6.